The molecule has 1 amide bonds. The molecule has 1 aromatic heterocycles. The second kappa shape index (κ2) is 5.45. The highest BCUT2D eigenvalue weighted by Gasteiger charge is 2.36. The number of fused-ring (bicyclic) bond motifs is 1. The molecule has 0 saturated heterocycles. The number of alkyl halides is 3. The van der Waals surface area contributed by atoms with Crippen LogP contribution in [0.4, 0.5) is 13.2 Å². The van der Waals surface area contributed by atoms with Gasteiger partial charge in [-0.25, -0.2) is 0 Å². The van der Waals surface area contributed by atoms with Crippen LogP contribution < -0.4 is 10.1 Å². The summed E-state index contributed by atoms with van der Waals surface area (Å²) in [4.78, 5) is 12.2. The topological polar surface area (TPSA) is 56.2 Å². The first-order valence-corrected chi connectivity index (χ1v) is 6.98. The monoisotopic (exact) mass is 345 g/mol. The van der Waals surface area contributed by atoms with E-state index in [9.17, 15) is 18.0 Å². The van der Waals surface area contributed by atoms with Crippen LogP contribution in [0.2, 0.25) is 5.02 Å². The van der Waals surface area contributed by atoms with Crippen LogP contribution in [0.15, 0.2) is 24.3 Å². The van der Waals surface area contributed by atoms with E-state index in [1.54, 1.807) is 18.2 Å². The van der Waals surface area contributed by atoms with Crippen molar-refractivity contribution in [2.24, 2.45) is 7.05 Å². The average molecular weight is 346 g/mol. The smallest absolute Gasteiger partial charge is 0.435 e. The third-order valence-electron chi connectivity index (χ3n) is 3.48. The summed E-state index contributed by atoms with van der Waals surface area (Å²) in [6, 6.07) is 5.33. The van der Waals surface area contributed by atoms with Crippen molar-refractivity contribution >= 4 is 17.5 Å². The molecule has 122 valence electrons. The van der Waals surface area contributed by atoms with E-state index in [-0.39, 0.29) is 12.3 Å². The van der Waals surface area contributed by atoms with Crippen LogP contribution in [-0.2, 0) is 13.2 Å². The van der Waals surface area contributed by atoms with Crippen LogP contribution in [0.5, 0.6) is 5.75 Å². The van der Waals surface area contributed by atoms with Crippen LogP contribution in [0.25, 0.3) is 0 Å². The summed E-state index contributed by atoms with van der Waals surface area (Å²) in [6.45, 7) is 0.161. The Morgan fingerprint density at radius 3 is 2.87 bits per heavy atom. The molecule has 3 rings (SSSR count). The molecule has 0 spiro atoms. The summed E-state index contributed by atoms with van der Waals surface area (Å²) >= 11 is 5.99. The van der Waals surface area contributed by atoms with Crippen LogP contribution >= 0.6 is 11.6 Å². The van der Waals surface area contributed by atoms with E-state index in [0.717, 1.165) is 4.68 Å². The molecule has 1 aromatic carbocycles. The van der Waals surface area contributed by atoms with E-state index in [4.69, 9.17) is 16.3 Å². The molecule has 1 unspecified atom stereocenters. The number of halogens is 4. The lowest BCUT2D eigenvalue weighted by Crippen LogP contribution is -2.30. The predicted octanol–water partition coefficient (Wildman–Crippen LogP) is 2.96. The summed E-state index contributed by atoms with van der Waals surface area (Å²) in [5.74, 6) is -0.197. The van der Waals surface area contributed by atoms with Gasteiger partial charge in [0, 0.05) is 18.7 Å². The second-order valence-electron chi connectivity index (χ2n) is 5.03. The number of carbonyl (C=O) groups is 1. The van der Waals surface area contributed by atoms with Gasteiger partial charge in [-0.1, -0.05) is 23.7 Å². The standard InChI is InChI=1S/C14H11ClF3N3O2/c1-21-10(5-11(20-21)14(16,17)18)13(22)19-9-6-23-12-7(9)3-2-4-8(12)15/h2-5,9H,6H2,1H3,(H,19,22). The van der Waals surface area contributed by atoms with Crippen LogP contribution in [-0.4, -0.2) is 22.3 Å². The minimum absolute atomic E-state index is 0.161. The number of nitrogens with one attached hydrogen (secondary N) is 1. The Morgan fingerprint density at radius 2 is 2.22 bits per heavy atom. The number of benzene rings is 1. The van der Waals surface area contributed by atoms with Gasteiger partial charge in [0.05, 0.1) is 11.1 Å². The summed E-state index contributed by atoms with van der Waals surface area (Å²) in [6.07, 6.45) is -4.60. The maximum Gasteiger partial charge on any atom is 0.435 e. The fourth-order valence-electron chi connectivity index (χ4n) is 2.38. The van der Waals surface area contributed by atoms with Crippen molar-refractivity contribution < 1.29 is 22.7 Å². The summed E-state index contributed by atoms with van der Waals surface area (Å²) in [5.41, 5.74) is -0.617. The number of aryl methyl sites for hydroxylation is 1. The largest absolute Gasteiger partial charge is 0.489 e. The molecule has 0 aliphatic carbocycles. The van der Waals surface area contributed by atoms with Gasteiger partial charge in [0.2, 0.25) is 0 Å². The zero-order valence-corrected chi connectivity index (χ0v) is 12.6. The predicted molar refractivity (Wildman–Crippen MR) is 75.4 cm³/mol. The van der Waals surface area contributed by atoms with Gasteiger partial charge in [-0.05, 0) is 6.07 Å². The Hall–Kier alpha value is -2.22. The van der Waals surface area contributed by atoms with Crippen LogP contribution in [0.3, 0.4) is 0 Å². The van der Waals surface area contributed by atoms with E-state index >= 15 is 0 Å². The van der Waals surface area contributed by atoms with E-state index in [1.165, 1.54) is 7.05 Å². The lowest BCUT2D eigenvalue weighted by Gasteiger charge is -2.11. The molecule has 23 heavy (non-hydrogen) atoms. The highest BCUT2D eigenvalue weighted by atomic mass is 35.5. The van der Waals surface area contributed by atoms with Gasteiger partial charge in [0.1, 0.15) is 18.1 Å². The first-order valence-electron chi connectivity index (χ1n) is 6.60. The third-order valence-corrected chi connectivity index (χ3v) is 3.77. The summed E-state index contributed by atoms with van der Waals surface area (Å²) < 4.78 is 44.3. The van der Waals surface area contributed by atoms with Gasteiger partial charge in [-0.15, -0.1) is 0 Å². The van der Waals surface area contributed by atoms with Crippen LogP contribution in [0, 0.1) is 0 Å². The number of hydrogen-bond acceptors (Lipinski definition) is 3. The van der Waals surface area contributed by atoms with E-state index in [1.807, 2.05) is 0 Å². The van der Waals surface area contributed by atoms with Crippen molar-refractivity contribution in [2.45, 2.75) is 12.2 Å². The number of ether oxygens (including phenoxy) is 1. The molecule has 1 N–H and O–H groups in total. The van der Waals surface area contributed by atoms with Crippen molar-refractivity contribution in [3.8, 4) is 5.75 Å². The number of nitrogens with zero attached hydrogens (tertiary/aromatic N) is 2. The first-order chi connectivity index (χ1) is 10.8. The number of aromatic nitrogens is 2. The van der Waals surface area contributed by atoms with Crippen molar-refractivity contribution in [3.63, 3.8) is 0 Å². The molecular formula is C14H11ClF3N3O2. The molecule has 2 heterocycles. The third kappa shape index (κ3) is 2.86. The molecule has 0 fully saturated rings. The number of rotatable bonds is 2. The quantitative estimate of drug-likeness (QED) is 0.910. The number of amides is 1. The molecule has 5 nitrogen and oxygen atoms in total. The summed E-state index contributed by atoms with van der Waals surface area (Å²) in [7, 11) is 1.28. The van der Waals surface area contributed by atoms with Gasteiger partial charge in [-0.2, -0.15) is 18.3 Å². The van der Waals surface area contributed by atoms with Crippen molar-refractivity contribution in [1.29, 1.82) is 0 Å². The van der Waals surface area contributed by atoms with E-state index in [0.29, 0.717) is 22.4 Å². The highest BCUT2D eigenvalue weighted by molar-refractivity contribution is 6.32. The van der Waals surface area contributed by atoms with Crippen LogP contribution in [0.1, 0.15) is 27.8 Å². The minimum atomic E-state index is -4.60. The molecule has 1 aliphatic heterocycles. The minimum Gasteiger partial charge on any atom is -0.489 e. The maximum absolute atomic E-state index is 12.6. The van der Waals surface area contributed by atoms with E-state index in [2.05, 4.69) is 10.4 Å². The SMILES string of the molecule is Cn1nc(C(F)(F)F)cc1C(=O)NC1COc2c(Cl)cccc21. The lowest BCUT2D eigenvalue weighted by atomic mass is 10.1. The molecule has 1 aliphatic rings. The maximum atomic E-state index is 12.6. The fourth-order valence-corrected chi connectivity index (χ4v) is 2.61. The Labute approximate surface area is 134 Å². The Balaban J connectivity index is 1.82. The van der Waals surface area contributed by atoms with E-state index < -0.39 is 23.8 Å². The van der Waals surface area contributed by atoms with Gasteiger partial charge < -0.3 is 10.1 Å². The van der Waals surface area contributed by atoms with Crippen molar-refractivity contribution in [3.05, 3.63) is 46.2 Å². The molecule has 9 heteroatoms. The number of carbonyl (C=O) groups excluding carboxylic acids is 1. The summed E-state index contributed by atoms with van der Waals surface area (Å²) in [5, 5.41) is 6.36. The first kappa shape index (κ1) is 15.7. The number of para-hydroxylation sites is 1. The fraction of sp³-hybridized carbons (Fsp3) is 0.286. The van der Waals surface area contributed by atoms with Crippen molar-refractivity contribution in [2.75, 3.05) is 6.61 Å². The molecule has 0 bridgehead atoms. The second-order valence-corrected chi connectivity index (χ2v) is 5.44. The van der Waals surface area contributed by atoms with Gasteiger partial charge in [0.15, 0.2) is 5.69 Å². The zero-order valence-electron chi connectivity index (χ0n) is 11.8. The Morgan fingerprint density at radius 1 is 1.48 bits per heavy atom. The molecule has 2 aromatic rings. The average Bonchev–Trinajstić information content (AvgIpc) is 3.04. The Kier molecular flexibility index (Phi) is 3.71. The van der Waals surface area contributed by atoms with Gasteiger partial charge >= 0.3 is 6.18 Å². The number of hydrogen-bond donors (Lipinski definition) is 1. The van der Waals surface area contributed by atoms with Crippen molar-refractivity contribution in [1.82, 2.24) is 15.1 Å². The normalized spacial score (nSPS) is 16.8. The molecular weight excluding hydrogens is 335 g/mol. The molecule has 1 atom stereocenters. The molecule has 0 saturated carbocycles. The zero-order chi connectivity index (χ0) is 16.8. The van der Waals surface area contributed by atoms with Gasteiger partial charge in [-0.3, -0.25) is 9.48 Å². The highest BCUT2D eigenvalue weighted by Crippen LogP contribution is 2.38. The van der Waals surface area contributed by atoms with Gasteiger partial charge in [0.25, 0.3) is 5.91 Å². The molecule has 0 radical (unpaired) electrons. The Bertz CT molecular complexity index is 773. The lowest BCUT2D eigenvalue weighted by molar-refractivity contribution is -0.141.